The molecule has 27 heavy (non-hydrogen) atoms. The fraction of sp³-hybridized carbons (Fsp3) is 1.00. The Morgan fingerprint density at radius 3 is 1.07 bits per heavy atom. The zero-order valence-corrected chi connectivity index (χ0v) is 27.2. The van der Waals surface area contributed by atoms with E-state index in [1.54, 1.807) is 0 Å². The standard InChI is InChI=1S/C15H32NSi.C6H18NSi2.Y/c1-10-11(2)13(4)14(12(10)3)17(8,9)16-15(5,6)7;1-8(2,3)7-9(4,5)6;/h10-14H,1-9H3;1-6H3;/q2*-1;+3. The van der Waals surface area contributed by atoms with Crippen molar-refractivity contribution < 1.29 is 32.7 Å². The summed E-state index contributed by atoms with van der Waals surface area (Å²) in [4.78, 5) is 5.23. The summed E-state index contributed by atoms with van der Waals surface area (Å²) in [6.07, 6.45) is 0. The van der Waals surface area contributed by atoms with E-state index in [0.29, 0.717) is 0 Å². The maximum Gasteiger partial charge on any atom is 3.00 e. The molecule has 0 aromatic carbocycles. The van der Waals surface area contributed by atoms with Crippen LogP contribution >= 0.6 is 0 Å². The van der Waals surface area contributed by atoms with Gasteiger partial charge in [-0.05, 0) is 23.7 Å². The van der Waals surface area contributed by atoms with E-state index in [2.05, 4.69) is 101 Å². The molecule has 6 heteroatoms. The Kier molecular flexibility index (Phi) is 12.4. The van der Waals surface area contributed by atoms with Crippen LogP contribution in [0.15, 0.2) is 0 Å². The molecule has 1 fully saturated rings. The van der Waals surface area contributed by atoms with Crippen LogP contribution in [0, 0.1) is 23.7 Å². The Labute approximate surface area is 201 Å². The third kappa shape index (κ3) is 11.6. The fourth-order valence-corrected chi connectivity index (χ4v) is 18.4. The molecule has 4 unspecified atom stereocenters. The Morgan fingerprint density at radius 2 is 0.889 bits per heavy atom. The molecule has 0 aromatic heterocycles. The molecule has 0 bridgehead atoms. The first-order chi connectivity index (χ1) is 11.2. The second-order valence-corrected chi connectivity index (χ2v) is 26.1. The maximum absolute atomic E-state index is 5.23. The Hall–Kier alpha value is 1.67. The van der Waals surface area contributed by atoms with Gasteiger partial charge in [0.25, 0.3) is 0 Å². The summed E-state index contributed by atoms with van der Waals surface area (Å²) in [5.41, 5.74) is 0.983. The van der Waals surface area contributed by atoms with Crippen LogP contribution < -0.4 is 0 Å². The quantitative estimate of drug-likeness (QED) is 0.345. The molecule has 0 radical (unpaired) electrons. The monoisotopic (exact) mass is 503 g/mol. The van der Waals surface area contributed by atoms with Gasteiger partial charge in [-0.2, -0.15) is 0 Å². The van der Waals surface area contributed by atoms with Crippen LogP contribution in [0.5, 0.6) is 0 Å². The molecule has 158 valence electrons. The molecule has 1 rings (SSSR count). The van der Waals surface area contributed by atoms with Crippen LogP contribution in [0.25, 0.3) is 9.63 Å². The van der Waals surface area contributed by atoms with Gasteiger partial charge in [-0.25, -0.2) is 0 Å². The molecule has 0 saturated heterocycles. The van der Waals surface area contributed by atoms with Gasteiger partial charge in [0.15, 0.2) is 0 Å². The zero-order valence-electron chi connectivity index (χ0n) is 21.4. The molecule has 1 saturated carbocycles. The van der Waals surface area contributed by atoms with Gasteiger partial charge in [0.2, 0.25) is 0 Å². The summed E-state index contributed by atoms with van der Waals surface area (Å²) in [6.45, 7) is 35.3. The van der Waals surface area contributed by atoms with Crippen molar-refractivity contribution in [2.75, 3.05) is 0 Å². The molecule has 2 nitrogen and oxygen atoms in total. The van der Waals surface area contributed by atoms with Crippen molar-refractivity contribution in [2.45, 2.75) is 112 Å². The van der Waals surface area contributed by atoms with Crippen molar-refractivity contribution in [2.24, 2.45) is 23.7 Å². The first kappa shape index (κ1) is 30.9. The van der Waals surface area contributed by atoms with Crippen molar-refractivity contribution in [1.29, 1.82) is 0 Å². The molecule has 0 heterocycles. The SMILES string of the molecule is CC1C(C)C(C)C([Si](C)(C)[N-]C(C)(C)C)C1C.C[Si](C)(C)[N-][Si](C)(C)C.[Y+3]. The van der Waals surface area contributed by atoms with Crippen LogP contribution in [0.4, 0.5) is 0 Å². The minimum atomic E-state index is -1.49. The van der Waals surface area contributed by atoms with E-state index >= 15 is 0 Å². The van der Waals surface area contributed by atoms with E-state index in [1.807, 2.05) is 0 Å². The molecular formula is C21H50N2Si3Y+. The predicted molar refractivity (Wildman–Crippen MR) is 131 cm³/mol. The summed E-state index contributed by atoms with van der Waals surface area (Å²) >= 11 is 0. The van der Waals surface area contributed by atoms with E-state index in [1.165, 1.54) is 0 Å². The Balaban J connectivity index is 0. The van der Waals surface area contributed by atoms with Crippen molar-refractivity contribution in [3.63, 3.8) is 0 Å². The molecule has 0 aromatic rings. The smallest absolute Gasteiger partial charge is 0.668 e. The van der Waals surface area contributed by atoms with E-state index in [4.69, 9.17) is 9.63 Å². The summed E-state index contributed by atoms with van der Waals surface area (Å²) in [5, 5.41) is 0. The van der Waals surface area contributed by atoms with Gasteiger partial charge in [-0.3, -0.25) is 0 Å². The minimum absolute atomic E-state index is 0. The molecule has 1 aliphatic carbocycles. The first-order valence-corrected chi connectivity index (χ1v) is 20.6. The van der Waals surface area contributed by atoms with Gasteiger partial charge in [-0.15, -0.1) is 5.54 Å². The number of hydrogen-bond donors (Lipinski definition) is 0. The van der Waals surface area contributed by atoms with Crippen LogP contribution in [-0.2, 0) is 32.7 Å². The third-order valence-electron chi connectivity index (χ3n) is 5.73. The number of rotatable bonds is 4. The van der Waals surface area contributed by atoms with Gasteiger partial charge in [0.05, 0.1) is 0 Å². The van der Waals surface area contributed by atoms with Crippen LogP contribution in [-0.4, -0.2) is 30.2 Å². The van der Waals surface area contributed by atoms with E-state index in [0.717, 1.165) is 29.2 Å². The summed E-state index contributed by atoms with van der Waals surface area (Å²) in [6, 6.07) is 0. The summed E-state index contributed by atoms with van der Waals surface area (Å²) < 4.78 is 4.82. The van der Waals surface area contributed by atoms with E-state index in [9.17, 15) is 0 Å². The number of hydrogen-bond acceptors (Lipinski definition) is 0. The molecule has 0 aliphatic heterocycles. The zero-order chi connectivity index (χ0) is 21.3. The van der Waals surface area contributed by atoms with Crippen LogP contribution in [0.3, 0.4) is 0 Å². The van der Waals surface area contributed by atoms with Crippen molar-refractivity contribution in [1.82, 2.24) is 0 Å². The first-order valence-electron chi connectivity index (χ1n) is 10.7. The maximum atomic E-state index is 5.23. The average molecular weight is 504 g/mol. The van der Waals surface area contributed by atoms with Gasteiger partial charge < -0.3 is 9.63 Å². The normalized spacial score (nSPS) is 29.7. The van der Waals surface area contributed by atoms with Gasteiger partial charge >= 0.3 is 32.7 Å². The molecule has 0 spiro atoms. The average Bonchev–Trinajstić information content (AvgIpc) is 2.46. The van der Waals surface area contributed by atoms with Crippen molar-refractivity contribution in [3.8, 4) is 0 Å². The topological polar surface area (TPSA) is 28.2 Å². The third-order valence-corrected chi connectivity index (χ3v) is 15.0. The fourth-order valence-electron chi connectivity index (χ4n) is 5.32. The second-order valence-electron chi connectivity index (χ2n) is 12.4. The summed E-state index contributed by atoms with van der Waals surface area (Å²) in [5.74, 6) is 3.40. The van der Waals surface area contributed by atoms with Gasteiger partial charge in [-0.1, -0.05) is 131 Å². The summed E-state index contributed by atoms with van der Waals surface area (Å²) in [7, 11) is -3.70. The van der Waals surface area contributed by atoms with Crippen molar-refractivity contribution >= 4 is 24.7 Å². The van der Waals surface area contributed by atoms with Gasteiger partial charge in [0.1, 0.15) is 0 Å². The van der Waals surface area contributed by atoms with Crippen molar-refractivity contribution in [3.05, 3.63) is 9.63 Å². The minimum Gasteiger partial charge on any atom is -0.668 e. The van der Waals surface area contributed by atoms with Crippen LogP contribution in [0.2, 0.25) is 57.9 Å². The number of nitrogens with zero attached hydrogens (tertiary/aromatic N) is 2. The van der Waals surface area contributed by atoms with E-state index < -0.39 is 24.7 Å². The molecule has 0 amide bonds. The molecular weight excluding hydrogens is 453 g/mol. The Morgan fingerprint density at radius 1 is 0.593 bits per heavy atom. The molecule has 1 aliphatic rings. The van der Waals surface area contributed by atoms with Crippen LogP contribution in [0.1, 0.15) is 48.5 Å². The predicted octanol–water partition coefficient (Wildman–Crippen LogP) is 8.32. The molecule has 4 atom stereocenters. The van der Waals surface area contributed by atoms with E-state index in [-0.39, 0.29) is 38.2 Å². The molecule has 0 N–H and O–H groups in total. The second kappa shape index (κ2) is 10.8. The largest absolute Gasteiger partial charge is 3.00 e. The Bertz CT molecular complexity index is 410. The van der Waals surface area contributed by atoms with Gasteiger partial charge in [0, 0.05) is 0 Å².